The highest BCUT2D eigenvalue weighted by Crippen LogP contribution is 2.34. The molecule has 0 saturated carbocycles. The largest absolute Gasteiger partial charge is 0.435 e. The molecule has 4 rings (SSSR count). The fourth-order valence-electron chi connectivity index (χ4n) is 3.27. The molecule has 4 nitrogen and oxygen atoms in total. The summed E-state index contributed by atoms with van der Waals surface area (Å²) in [6.07, 6.45) is -2.71. The van der Waals surface area contributed by atoms with Crippen LogP contribution in [0.5, 0.6) is 0 Å². The Labute approximate surface area is 197 Å². The van der Waals surface area contributed by atoms with E-state index in [0.717, 1.165) is 15.6 Å². The second-order valence-electron chi connectivity index (χ2n) is 7.01. The summed E-state index contributed by atoms with van der Waals surface area (Å²) in [5.74, 6) is -0.321. The average molecular weight is 488 g/mol. The van der Waals surface area contributed by atoms with Crippen LogP contribution in [-0.4, -0.2) is 21.9 Å². The SMILES string of the molecule is CSc1ccccc1NC(=O)c1ccc(-c2cc(C(F)(F)F)nn2-c2ccccc2Cl)cc1. The fourth-order valence-corrected chi connectivity index (χ4v) is 4.04. The van der Waals surface area contributed by atoms with Crippen LogP contribution in [0.4, 0.5) is 18.9 Å². The number of amides is 1. The Morgan fingerprint density at radius 1 is 1.00 bits per heavy atom. The molecule has 0 atom stereocenters. The van der Waals surface area contributed by atoms with Gasteiger partial charge < -0.3 is 5.32 Å². The number of thioether (sulfide) groups is 1. The van der Waals surface area contributed by atoms with Crippen molar-refractivity contribution < 1.29 is 18.0 Å². The van der Waals surface area contributed by atoms with Crippen molar-refractivity contribution >= 4 is 35.0 Å². The van der Waals surface area contributed by atoms with Gasteiger partial charge in [0, 0.05) is 16.0 Å². The first-order chi connectivity index (χ1) is 15.8. The lowest BCUT2D eigenvalue weighted by molar-refractivity contribution is -0.141. The topological polar surface area (TPSA) is 46.9 Å². The van der Waals surface area contributed by atoms with Gasteiger partial charge in [0.25, 0.3) is 5.91 Å². The molecular weight excluding hydrogens is 471 g/mol. The quantitative estimate of drug-likeness (QED) is 0.303. The standard InChI is InChI=1S/C24H17ClF3N3OS/c1-33-21-9-5-3-7-18(21)29-23(32)16-12-10-15(11-13-16)20-14-22(24(26,27)28)30-31(20)19-8-4-2-6-17(19)25/h2-14H,1H3,(H,29,32). The van der Waals surface area contributed by atoms with Gasteiger partial charge in [0.1, 0.15) is 0 Å². The maximum atomic E-state index is 13.4. The van der Waals surface area contributed by atoms with Gasteiger partial charge in [-0.3, -0.25) is 4.79 Å². The van der Waals surface area contributed by atoms with Crippen molar-refractivity contribution in [1.82, 2.24) is 9.78 Å². The number of carbonyl (C=O) groups is 1. The van der Waals surface area contributed by atoms with Gasteiger partial charge in [-0.05, 0) is 48.7 Å². The third-order valence-electron chi connectivity index (χ3n) is 4.88. The van der Waals surface area contributed by atoms with Gasteiger partial charge in [0.2, 0.25) is 0 Å². The Morgan fingerprint density at radius 2 is 1.67 bits per heavy atom. The maximum absolute atomic E-state index is 13.4. The number of aromatic nitrogens is 2. The van der Waals surface area contributed by atoms with E-state index in [0.29, 0.717) is 22.5 Å². The lowest BCUT2D eigenvalue weighted by Crippen LogP contribution is -2.12. The monoisotopic (exact) mass is 487 g/mol. The van der Waals surface area contributed by atoms with Crippen LogP contribution in [0.3, 0.4) is 0 Å². The summed E-state index contributed by atoms with van der Waals surface area (Å²) < 4.78 is 41.3. The number of hydrogen-bond donors (Lipinski definition) is 1. The zero-order valence-corrected chi connectivity index (χ0v) is 18.8. The second-order valence-corrected chi connectivity index (χ2v) is 8.26. The molecule has 1 amide bonds. The van der Waals surface area contributed by atoms with E-state index in [-0.39, 0.29) is 16.6 Å². The van der Waals surface area contributed by atoms with Gasteiger partial charge >= 0.3 is 6.18 Å². The van der Waals surface area contributed by atoms with Crippen molar-refractivity contribution in [1.29, 1.82) is 0 Å². The minimum atomic E-state index is -4.62. The zero-order chi connectivity index (χ0) is 23.6. The van der Waals surface area contributed by atoms with Gasteiger partial charge in [-0.1, -0.05) is 48.0 Å². The molecule has 1 N–H and O–H groups in total. The number of para-hydroxylation sites is 2. The summed E-state index contributed by atoms with van der Waals surface area (Å²) in [5.41, 5.74) is 1.00. The van der Waals surface area contributed by atoms with E-state index in [1.807, 2.05) is 24.5 Å². The number of nitrogens with zero attached hydrogens (tertiary/aromatic N) is 2. The van der Waals surface area contributed by atoms with Gasteiger partial charge in [-0.25, -0.2) is 4.68 Å². The summed E-state index contributed by atoms with van der Waals surface area (Å²) in [7, 11) is 0. The van der Waals surface area contributed by atoms with E-state index < -0.39 is 11.9 Å². The first kappa shape index (κ1) is 22.9. The van der Waals surface area contributed by atoms with Crippen LogP contribution in [0, 0.1) is 0 Å². The molecule has 3 aromatic carbocycles. The first-order valence-electron chi connectivity index (χ1n) is 9.75. The number of benzene rings is 3. The van der Waals surface area contributed by atoms with Gasteiger partial charge in [0.05, 0.1) is 22.1 Å². The molecule has 4 aromatic rings. The fraction of sp³-hybridized carbons (Fsp3) is 0.0833. The van der Waals surface area contributed by atoms with Crippen molar-refractivity contribution in [2.45, 2.75) is 11.1 Å². The van der Waals surface area contributed by atoms with Crippen molar-refractivity contribution in [2.24, 2.45) is 0 Å². The van der Waals surface area contributed by atoms with Crippen LogP contribution in [0.2, 0.25) is 5.02 Å². The van der Waals surface area contributed by atoms with E-state index >= 15 is 0 Å². The molecule has 0 aliphatic rings. The van der Waals surface area contributed by atoms with Crippen LogP contribution >= 0.6 is 23.4 Å². The number of anilines is 1. The van der Waals surface area contributed by atoms with Crippen LogP contribution in [-0.2, 0) is 6.18 Å². The Balaban J connectivity index is 1.68. The highest BCUT2D eigenvalue weighted by Gasteiger charge is 2.35. The Morgan fingerprint density at radius 3 is 2.33 bits per heavy atom. The maximum Gasteiger partial charge on any atom is 0.435 e. The van der Waals surface area contributed by atoms with Crippen LogP contribution in [0.15, 0.2) is 83.8 Å². The highest BCUT2D eigenvalue weighted by atomic mass is 35.5. The van der Waals surface area contributed by atoms with Gasteiger partial charge in [0.15, 0.2) is 5.69 Å². The lowest BCUT2D eigenvalue weighted by Gasteiger charge is -2.11. The van der Waals surface area contributed by atoms with E-state index in [4.69, 9.17) is 11.6 Å². The van der Waals surface area contributed by atoms with Crippen LogP contribution < -0.4 is 5.32 Å². The van der Waals surface area contributed by atoms with Crippen molar-refractivity contribution in [2.75, 3.05) is 11.6 Å². The molecule has 168 valence electrons. The predicted octanol–water partition coefficient (Wildman–Crippen LogP) is 7.19. The molecule has 0 fully saturated rings. The highest BCUT2D eigenvalue weighted by molar-refractivity contribution is 7.98. The minimum Gasteiger partial charge on any atom is -0.321 e. The third kappa shape index (κ3) is 4.91. The molecule has 0 aliphatic carbocycles. The Kier molecular flexibility index (Phi) is 6.49. The number of carbonyl (C=O) groups excluding carboxylic acids is 1. The number of nitrogens with one attached hydrogen (secondary N) is 1. The Bertz CT molecular complexity index is 1300. The van der Waals surface area contributed by atoms with Crippen LogP contribution in [0.1, 0.15) is 16.1 Å². The molecule has 0 bridgehead atoms. The summed E-state index contributed by atoms with van der Waals surface area (Å²) in [4.78, 5) is 13.6. The summed E-state index contributed by atoms with van der Waals surface area (Å²) >= 11 is 7.72. The molecule has 33 heavy (non-hydrogen) atoms. The number of halogens is 4. The third-order valence-corrected chi connectivity index (χ3v) is 5.99. The predicted molar refractivity (Wildman–Crippen MR) is 125 cm³/mol. The molecule has 0 spiro atoms. The molecule has 0 saturated heterocycles. The smallest absolute Gasteiger partial charge is 0.321 e. The molecule has 9 heteroatoms. The number of hydrogen-bond acceptors (Lipinski definition) is 3. The van der Waals surface area contributed by atoms with E-state index in [1.54, 1.807) is 54.6 Å². The molecule has 1 heterocycles. The summed E-state index contributed by atoms with van der Waals surface area (Å²) in [5, 5.41) is 6.87. The normalized spacial score (nSPS) is 11.4. The molecule has 0 aliphatic heterocycles. The van der Waals surface area contributed by atoms with E-state index in [9.17, 15) is 18.0 Å². The van der Waals surface area contributed by atoms with Crippen molar-refractivity contribution in [3.05, 3.63) is 95.1 Å². The molecule has 0 unspecified atom stereocenters. The lowest BCUT2D eigenvalue weighted by atomic mass is 10.1. The van der Waals surface area contributed by atoms with Gasteiger partial charge in [-0.15, -0.1) is 11.8 Å². The van der Waals surface area contributed by atoms with E-state index in [1.165, 1.54) is 11.8 Å². The van der Waals surface area contributed by atoms with Gasteiger partial charge in [-0.2, -0.15) is 18.3 Å². The first-order valence-corrected chi connectivity index (χ1v) is 11.3. The minimum absolute atomic E-state index is 0.204. The molecule has 1 aromatic heterocycles. The number of alkyl halides is 3. The summed E-state index contributed by atoms with van der Waals surface area (Å²) in [6, 6.07) is 21.2. The summed E-state index contributed by atoms with van der Waals surface area (Å²) in [6.45, 7) is 0. The van der Waals surface area contributed by atoms with E-state index in [2.05, 4.69) is 10.4 Å². The number of rotatable bonds is 5. The molecular formula is C24H17ClF3N3OS. The van der Waals surface area contributed by atoms with Crippen molar-refractivity contribution in [3.63, 3.8) is 0 Å². The van der Waals surface area contributed by atoms with Crippen molar-refractivity contribution in [3.8, 4) is 16.9 Å². The molecule has 0 radical (unpaired) electrons. The second kappa shape index (κ2) is 9.33. The zero-order valence-electron chi connectivity index (χ0n) is 17.2. The Hall–Kier alpha value is -3.23. The van der Waals surface area contributed by atoms with Crippen LogP contribution in [0.25, 0.3) is 16.9 Å². The average Bonchev–Trinajstić information content (AvgIpc) is 3.26.